The van der Waals surface area contributed by atoms with Crippen molar-refractivity contribution in [2.24, 2.45) is 5.92 Å². The fourth-order valence-corrected chi connectivity index (χ4v) is 1.33. The number of methoxy groups -OCH3 is 1. The summed E-state index contributed by atoms with van der Waals surface area (Å²) in [5.74, 6) is 1.13. The number of hydrogen-bond acceptors (Lipinski definition) is 3. The monoisotopic (exact) mass is 222 g/mol. The van der Waals surface area contributed by atoms with Crippen LogP contribution in [0.25, 0.3) is 0 Å². The molecule has 1 rings (SSSR count). The average molecular weight is 222 g/mol. The lowest BCUT2D eigenvalue weighted by molar-refractivity contribution is -0.109. The predicted octanol–water partition coefficient (Wildman–Crippen LogP) is 2.44. The largest absolute Gasteiger partial charge is 0.497 e. The van der Waals surface area contributed by atoms with E-state index in [1.54, 1.807) is 7.11 Å². The molecule has 88 valence electrons. The maximum absolute atomic E-state index is 10.2. The lowest BCUT2D eigenvalue weighted by atomic mass is 10.1. The second-order valence-electron chi connectivity index (χ2n) is 3.87. The van der Waals surface area contributed by atoms with Crippen LogP contribution in [0.4, 0.5) is 0 Å². The topological polar surface area (TPSA) is 35.5 Å². The molecule has 0 aliphatic carbocycles. The molecule has 0 aliphatic rings. The zero-order chi connectivity index (χ0) is 11.8. The molecule has 3 heteroatoms. The van der Waals surface area contributed by atoms with E-state index < -0.39 is 0 Å². The van der Waals surface area contributed by atoms with Gasteiger partial charge < -0.3 is 14.3 Å². The molecule has 0 heterocycles. The summed E-state index contributed by atoms with van der Waals surface area (Å²) in [7, 11) is 1.65. The van der Waals surface area contributed by atoms with E-state index in [1.807, 2.05) is 31.2 Å². The molecule has 3 nitrogen and oxygen atoms in total. The van der Waals surface area contributed by atoms with Gasteiger partial charge in [-0.2, -0.15) is 0 Å². The SMILES string of the molecule is COc1ccc(COCC(C)CC=O)cc1. The van der Waals surface area contributed by atoms with Crippen molar-refractivity contribution in [1.82, 2.24) is 0 Å². The summed E-state index contributed by atoms with van der Waals surface area (Å²) in [6, 6.07) is 7.77. The van der Waals surface area contributed by atoms with Crippen molar-refractivity contribution in [3.8, 4) is 5.75 Å². The normalized spacial score (nSPS) is 12.1. The Hall–Kier alpha value is -1.35. The molecule has 0 radical (unpaired) electrons. The van der Waals surface area contributed by atoms with Gasteiger partial charge in [-0.05, 0) is 23.6 Å². The quantitative estimate of drug-likeness (QED) is 0.665. The van der Waals surface area contributed by atoms with Crippen LogP contribution in [-0.2, 0) is 16.1 Å². The first-order valence-corrected chi connectivity index (χ1v) is 5.40. The van der Waals surface area contributed by atoms with Crippen LogP contribution in [-0.4, -0.2) is 20.0 Å². The molecule has 0 fully saturated rings. The molecule has 0 saturated heterocycles. The molecule has 16 heavy (non-hydrogen) atoms. The van der Waals surface area contributed by atoms with Gasteiger partial charge in [0.15, 0.2) is 0 Å². The Morgan fingerprint density at radius 3 is 2.56 bits per heavy atom. The summed E-state index contributed by atoms with van der Waals surface area (Å²) in [4.78, 5) is 10.2. The third kappa shape index (κ3) is 4.45. The molecule has 0 aromatic heterocycles. The second-order valence-corrected chi connectivity index (χ2v) is 3.87. The van der Waals surface area contributed by atoms with Crippen LogP contribution in [0.2, 0.25) is 0 Å². The van der Waals surface area contributed by atoms with E-state index in [0.717, 1.165) is 17.6 Å². The average Bonchev–Trinajstić information content (AvgIpc) is 2.30. The van der Waals surface area contributed by atoms with Crippen molar-refractivity contribution in [3.63, 3.8) is 0 Å². The molecule has 1 aromatic rings. The zero-order valence-electron chi connectivity index (χ0n) is 9.81. The molecule has 1 aromatic carbocycles. The van der Waals surface area contributed by atoms with Crippen molar-refractivity contribution < 1.29 is 14.3 Å². The Balaban J connectivity index is 2.28. The first-order valence-electron chi connectivity index (χ1n) is 5.40. The minimum Gasteiger partial charge on any atom is -0.497 e. The standard InChI is InChI=1S/C13H18O3/c1-11(7-8-14)9-16-10-12-3-5-13(15-2)6-4-12/h3-6,8,11H,7,9-10H2,1-2H3. The molecule has 0 amide bonds. The fourth-order valence-electron chi connectivity index (χ4n) is 1.33. The number of aldehydes is 1. The molecule has 1 atom stereocenters. The third-order valence-electron chi connectivity index (χ3n) is 2.33. The summed E-state index contributed by atoms with van der Waals surface area (Å²) in [5, 5.41) is 0. The van der Waals surface area contributed by atoms with Crippen LogP contribution in [0.5, 0.6) is 5.75 Å². The molecule has 0 bridgehead atoms. The number of carbonyl (C=O) groups is 1. The molecular weight excluding hydrogens is 204 g/mol. The summed E-state index contributed by atoms with van der Waals surface area (Å²) in [6.45, 7) is 3.19. The van der Waals surface area contributed by atoms with Crippen molar-refractivity contribution in [1.29, 1.82) is 0 Å². The van der Waals surface area contributed by atoms with E-state index in [2.05, 4.69) is 0 Å². The van der Waals surface area contributed by atoms with Gasteiger partial charge in [-0.15, -0.1) is 0 Å². The van der Waals surface area contributed by atoms with Crippen LogP contribution in [0.15, 0.2) is 24.3 Å². The van der Waals surface area contributed by atoms with Gasteiger partial charge in [0.2, 0.25) is 0 Å². The smallest absolute Gasteiger partial charge is 0.120 e. The summed E-state index contributed by atoms with van der Waals surface area (Å²) < 4.78 is 10.6. The maximum Gasteiger partial charge on any atom is 0.120 e. The molecule has 0 aliphatic heterocycles. The Labute approximate surface area is 96.4 Å². The fraction of sp³-hybridized carbons (Fsp3) is 0.462. The summed E-state index contributed by atoms with van der Waals surface area (Å²) in [5.41, 5.74) is 1.11. The Morgan fingerprint density at radius 1 is 1.31 bits per heavy atom. The molecular formula is C13H18O3. The van der Waals surface area contributed by atoms with Crippen LogP contribution < -0.4 is 4.74 Å². The van der Waals surface area contributed by atoms with E-state index in [4.69, 9.17) is 9.47 Å². The minimum atomic E-state index is 0.288. The second kappa shape index (κ2) is 7.01. The third-order valence-corrected chi connectivity index (χ3v) is 2.33. The van der Waals surface area contributed by atoms with Gasteiger partial charge in [-0.3, -0.25) is 0 Å². The first kappa shape index (κ1) is 12.7. The van der Waals surface area contributed by atoms with E-state index in [-0.39, 0.29) is 5.92 Å². The van der Waals surface area contributed by atoms with Crippen LogP contribution in [0.3, 0.4) is 0 Å². The Kier molecular flexibility index (Phi) is 5.57. The number of benzene rings is 1. The van der Waals surface area contributed by atoms with Gasteiger partial charge in [0.25, 0.3) is 0 Å². The van der Waals surface area contributed by atoms with Gasteiger partial charge in [0.1, 0.15) is 12.0 Å². The van der Waals surface area contributed by atoms with E-state index in [9.17, 15) is 4.79 Å². The Morgan fingerprint density at radius 2 is 2.00 bits per heavy atom. The van der Waals surface area contributed by atoms with Crippen LogP contribution in [0.1, 0.15) is 18.9 Å². The van der Waals surface area contributed by atoms with Crippen molar-refractivity contribution in [3.05, 3.63) is 29.8 Å². The van der Waals surface area contributed by atoms with Crippen LogP contribution >= 0.6 is 0 Å². The molecule has 0 spiro atoms. The van der Waals surface area contributed by atoms with E-state index in [1.165, 1.54) is 0 Å². The van der Waals surface area contributed by atoms with Gasteiger partial charge >= 0.3 is 0 Å². The van der Waals surface area contributed by atoms with Crippen molar-refractivity contribution >= 4 is 6.29 Å². The summed E-state index contributed by atoms with van der Waals surface area (Å²) in [6.07, 6.45) is 1.49. The van der Waals surface area contributed by atoms with Gasteiger partial charge in [0, 0.05) is 13.0 Å². The molecule has 0 N–H and O–H groups in total. The number of carbonyl (C=O) groups excluding carboxylic acids is 1. The highest BCUT2D eigenvalue weighted by Crippen LogP contribution is 2.12. The summed E-state index contributed by atoms with van der Waals surface area (Å²) >= 11 is 0. The lowest BCUT2D eigenvalue weighted by Gasteiger charge is -2.09. The first-order chi connectivity index (χ1) is 7.76. The van der Waals surface area contributed by atoms with E-state index >= 15 is 0 Å². The number of ether oxygens (including phenoxy) is 2. The number of rotatable bonds is 7. The van der Waals surface area contributed by atoms with E-state index in [0.29, 0.717) is 19.6 Å². The highest BCUT2D eigenvalue weighted by molar-refractivity contribution is 5.49. The van der Waals surface area contributed by atoms with Gasteiger partial charge in [-0.1, -0.05) is 19.1 Å². The highest BCUT2D eigenvalue weighted by atomic mass is 16.5. The minimum absolute atomic E-state index is 0.288. The van der Waals surface area contributed by atoms with Crippen molar-refractivity contribution in [2.45, 2.75) is 20.0 Å². The Bertz CT molecular complexity index is 305. The van der Waals surface area contributed by atoms with Gasteiger partial charge in [-0.25, -0.2) is 0 Å². The van der Waals surface area contributed by atoms with Gasteiger partial charge in [0.05, 0.1) is 13.7 Å². The highest BCUT2D eigenvalue weighted by Gasteiger charge is 2.01. The predicted molar refractivity (Wildman–Crippen MR) is 62.5 cm³/mol. The lowest BCUT2D eigenvalue weighted by Crippen LogP contribution is -2.06. The molecule has 1 unspecified atom stereocenters. The number of hydrogen-bond donors (Lipinski definition) is 0. The van der Waals surface area contributed by atoms with Crippen LogP contribution in [0, 0.1) is 5.92 Å². The molecule has 0 saturated carbocycles. The zero-order valence-corrected chi connectivity index (χ0v) is 9.81. The maximum atomic E-state index is 10.2. The van der Waals surface area contributed by atoms with Crippen molar-refractivity contribution in [2.75, 3.05) is 13.7 Å².